The van der Waals surface area contributed by atoms with Crippen LogP contribution in [0, 0.1) is 11.6 Å². The minimum absolute atomic E-state index is 0.172. The number of hydrogen-bond donors (Lipinski definition) is 1. The molecule has 2 rings (SSSR count). The monoisotopic (exact) mass is 373 g/mol. The van der Waals surface area contributed by atoms with Gasteiger partial charge in [-0.2, -0.15) is 0 Å². The third-order valence-electron chi connectivity index (χ3n) is 2.96. The van der Waals surface area contributed by atoms with E-state index in [-0.39, 0.29) is 21.3 Å². The molecule has 1 N–H and O–H groups in total. The van der Waals surface area contributed by atoms with Crippen LogP contribution in [-0.2, 0) is 9.53 Å². The third kappa shape index (κ3) is 4.43. The van der Waals surface area contributed by atoms with Crippen LogP contribution in [0.25, 0.3) is 0 Å². The van der Waals surface area contributed by atoms with Gasteiger partial charge >= 0.3 is 5.97 Å². The molecule has 0 bridgehead atoms. The van der Waals surface area contributed by atoms with Gasteiger partial charge in [0.15, 0.2) is 6.10 Å². The van der Waals surface area contributed by atoms with Crippen molar-refractivity contribution in [3.05, 3.63) is 63.6 Å². The maximum Gasteiger partial charge on any atom is 0.339 e. The Labute approximate surface area is 146 Å². The van der Waals surface area contributed by atoms with Gasteiger partial charge in [0.1, 0.15) is 11.6 Å². The van der Waals surface area contributed by atoms with Crippen molar-refractivity contribution >= 4 is 40.8 Å². The molecule has 0 aromatic heterocycles. The Bertz CT molecular complexity index is 758. The first kappa shape index (κ1) is 18.2. The van der Waals surface area contributed by atoms with E-state index in [2.05, 4.69) is 5.32 Å². The average Bonchev–Trinajstić information content (AvgIpc) is 2.49. The van der Waals surface area contributed by atoms with E-state index in [1.54, 1.807) is 6.07 Å². The molecule has 0 saturated carbocycles. The molecule has 0 unspecified atom stereocenters. The number of anilines is 1. The van der Waals surface area contributed by atoms with E-state index in [4.69, 9.17) is 27.9 Å². The maximum absolute atomic E-state index is 13.1. The van der Waals surface area contributed by atoms with Crippen LogP contribution in [0.5, 0.6) is 0 Å². The molecule has 2 aromatic carbocycles. The van der Waals surface area contributed by atoms with Crippen LogP contribution in [0.15, 0.2) is 36.4 Å². The molecule has 8 heteroatoms. The van der Waals surface area contributed by atoms with Gasteiger partial charge in [0, 0.05) is 6.07 Å². The highest BCUT2D eigenvalue weighted by molar-refractivity contribution is 6.39. The lowest BCUT2D eigenvalue weighted by Gasteiger charge is -2.15. The number of hydrogen-bond acceptors (Lipinski definition) is 3. The van der Waals surface area contributed by atoms with Crippen molar-refractivity contribution < 1.29 is 23.1 Å². The highest BCUT2D eigenvalue weighted by Crippen LogP contribution is 2.30. The Morgan fingerprint density at radius 2 is 1.62 bits per heavy atom. The number of amides is 1. The molecule has 0 fully saturated rings. The minimum Gasteiger partial charge on any atom is -0.449 e. The van der Waals surface area contributed by atoms with Crippen LogP contribution in [0.3, 0.4) is 0 Å². The summed E-state index contributed by atoms with van der Waals surface area (Å²) in [5.41, 5.74) is -0.173. The van der Waals surface area contributed by atoms with Gasteiger partial charge in [-0.3, -0.25) is 4.79 Å². The zero-order valence-electron chi connectivity index (χ0n) is 12.3. The molecule has 0 spiro atoms. The Hall–Kier alpha value is -2.18. The number of carbonyl (C=O) groups excluding carboxylic acids is 2. The van der Waals surface area contributed by atoms with Crippen molar-refractivity contribution in [2.24, 2.45) is 0 Å². The lowest BCUT2D eigenvalue weighted by molar-refractivity contribution is -0.123. The van der Waals surface area contributed by atoms with Crippen molar-refractivity contribution in [2.75, 3.05) is 5.32 Å². The predicted molar refractivity (Wildman–Crippen MR) is 86.3 cm³/mol. The SMILES string of the molecule is C[C@@H](OC(=O)c1cc(F)cc(F)c1)C(=O)Nc1c(Cl)cccc1Cl. The van der Waals surface area contributed by atoms with E-state index in [1.807, 2.05) is 0 Å². The molecule has 126 valence electrons. The number of benzene rings is 2. The Balaban J connectivity index is 2.07. The fraction of sp³-hybridized carbons (Fsp3) is 0.125. The second kappa shape index (κ2) is 7.59. The molecule has 24 heavy (non-hydrogen) atoms. The van der Waals surface area contributed by atoms with Crippen LogP contribution in [-0.4, -0.2) is 18.0 Å². The number of para-hydroxylation sites is 1. The maximum atomic E-state index is 13.1. The molecule has 1 amide bonds. The lowest BCUT2D eigenvalue weighted by atomic mass is 10.2. The molecule has 4 nitrogen and oxygen atoms in total. The number of carbonyl (C=O) groups is 2. The second-order valence-electron chi connectivity index (χ2n) is 4.79. The van der Waals surface area contributed by atoms with Crippen LogP contribution >= 0.6 is 23.2 Å². The van der Waals surface area contributed by atoms with Crippen molar-refractivity contribution in [3.63, 3.8) is 0 Å². The molecule has 0 saturated heterocycles. The summed E-state index contributed by atoms with van der Waals surface area (Å²) >= 11 is 11.8. The summed E-state index contributed by atoms with van der Waals surface area (Å²) in [6.45, 7) is 1.30. The standard InChI is InChI=1S/C16H11Cl2F2NO3/c1-8(15(22)21-14-12(17)3-2-4-13(14)18)24-16(23)9-5-10(19)7-11(20)6-9/h2-8H,1H3,(H,21,22)/t8-/m1/s1. The summed E-state index contributed by atoms with van der Waals surface area (Å²) < 4.78 is 31.1. The van der Waals surface area contributed by atoms with Gasteiger partial charge < -0.3 is 10.1 Å². The summed E-state index contributed by atoms with van der Waals surface area (Å²) in [5, 5.41) is 2.85. The van der Waals surface area contributed by atoms with Crippen LogP contribution < -0.4 is 5.32 Å². The number of halogens is 4. The molecule has 0 radical (unpaired) electrons. The molecular formula is C16H11Cl2F2NO3. The summed E-state index contributed by atoms with van der Waals surface area (Å²) in [5.74, 6) is -3.60. The first-order valence-corrected chi connectivity index (χ1v) is 7.45. The first-order chi connectivity index (χ1) is 11.3. The average molecular weight is 374 g/mol. The first-order valence-electron chi connectivity index (χ1n) is 6.70. The van der Waals surface area contributed by atoms with Crippen molar-refractivity contribution in [2.45, 2.75) is 13.0 Å². The molecule has 2 aromatic rings. The summed E-state index contributed by atoms with van der Waals surface area (Å²) in [4.78, 5) is 23.9. The number of nitrogens with one attached hydrogen (secondary N) is 1. The quantitative estimate of drug-likeness (QED) is 0.805. The van der Waals surface area contributed by atoms with Gasteiger partial charge in [-0.1, -0.05) is 29.3 Å². The van der Waals surface area contributed by atoms with Crippen LogP contribution in [0.1, 0.15) is 17.3 Å². The normalized spacial score (nSPS) is 11.7. The highest BCUT2D eigenvalue weighted by atomic mass is 35.5. The Morgan fingerprint density at radius 3 is 2.17 bits per heavy atom. The summed E-state index contributed by atoms with van der Waals surface area (Å²) in [6, 6.07) is 6.88. The highest BCUT2D eigenvalue weighted by Gasteiger charge is 2.21. The number of esters is 1. The van der Waals surface area contributed by atoms with Gasteiger partial charge in [0.25, 0.3) is 5.91 Å². The van der Waals surface area contributed by atoms with E-state index >= 15 is 0 Å². The zero-order chi connectivity index (χ0) is 17.9. The van der Waals surface area contributed by atoms with Crippen molar-refractivity contribution in [1.82, 2.24) is 0 Å². The largest absolute Gasteiger partial charge is 0.449 e. The Morgan fingerprint density at radius 1 is 1.08 bits per heavy atom. The van der Waals surface area contributed by atoms with Gasteiger partial charge in [-0.05, 0) is 31.2 Å². The minimum atomic E-state index is -1.24. The molecule has 1 atom stereocenters. The van der Waals surface area contributed by atoms with E-state index in [0.717, 1.165) is 12.1 Å². The van der Waals surface area contributed by atoms with Crippen molar-refractivity contribution in [3.8, 4) is 0 Å². The number of ether oxygens (including phenoxy) is 1. The molecule has 0 aliphatic heterocycles. The van der Waals surface area contributed by atoms with Gasteiger partial charge in [0.05, 0.1) is 21.3 Å². The van der Waals surface area contributed by atoms with E-state index in [9.17, 15) is 18.4 Å². The molecule has 0 aliphatic rings. The van der Waals surface area contributed by atoms with Crippen LogP contribution in [0.2, 0.25) is 10.0 Å². The summed E-state index contributed by atoms with van der Waals surface area (Å²) in [6.07, 6.45) is -1.24. The number of rotatable bonds is 4. The lowest BCUT2D eigenvalue weighted by Crippen LogP contribution is -2.30. The van der Waals surface area contributed by atoms with Crippen LogP contribution in [0.4, 0.5) is 14.5 Å². The van der Waals surface area contributed by atoms with Gasteiger partial charge in [0.2, 0.25) is 0 Å². The second-order valence-corrected chi connectivity index (χ2v) is 5.61. The topological polar surface area (TPSA) is 55.4 Å². The van der Waals surface area contributed by atoms with Gasteiger partial charge in [-0.25, -0.2) is 13.6 Å². The predicted octanol–water partition coefficient (Wildman–Crippen LogP) is 4.46. The third-order valence-corrected chi connectivity index (χ3v) is 3.59. The zero-order valence-corrected chi connectivity index (χ0v) is 13.8. The van der Waals surface area contributed by atoms with E-state index in [1.165, 1.54) is 19.1 Å². The van der Waals surface area contributed by atoms with E-state index in [0.29, 0.717) is 6.07 Å². The van der Waals surface area contributed by atoms with Crippen molar-refractivity contribution in [1.29, 1.82) is 0 Å². The fourth-order valence-electron chi connectivity index (χ4n) is 1.80. The van der Waals surface area contributed by atoms with Gasteiger partial charge in [-0.15, -0.1) is 0 Å². The molecule has 0 aliphatic carbocycles. The Kier molecular flexibility index (Phi) is 5.75. The summed E-state index contributed by atoms with van der Waals surface area (Å²) in [7, 11) is 0. The fourth-order valence-corrected chi connectivity index (χ4v) is 2.29. The molecular weight excluding hydrogens is 363 g/mol. The van der Waals surface area contributed by atoms with E-state index < -0.39 is 29.6 Å². The smallest absolute Gasteiger partial charge is 0.339 e. The molecule has 0 heterocycles.